The van der Waals surface area contributed by atoms with E-state index >= 15 is 0 Å². The molecule has 0 atom stereocenters. The quantitative estimate of drug-likeness (QED) is 0.254. The Hall–Kier alpha value is -0.423. The van der Waals surface area contributed by atoms with Crippen LogP contribution in [0.1, 0.15) is 0 Å². The predicted molar refractivity (Wildman–Crippen MR) is 31.2 cm³/mol. The molecule has 0 aromatic heterocycles. The van der Waals surface area contributed by atoms with Crippen LogP contribution in [0.4, 0.5) is 0 Å². The van der Waals surface area contributed by atoms with Gasteiger partial charge in [0, 0.05) is 0 Å². The largest absolute Gasteiger partial charge is 0.379 e. The summed E-state index contributed by atoms with van der Waals surface area (Å²) in [4.78, 5) is 8.11. The van der Waals surface area contributed by atoms with Gasteiger partial charge in [-0.3, -0.25) is 0 Å². The van der Waals surface area contributed by atoms with Crippen molar-refractivity contribution in [2.45, 2.75) is 0 Å². The van der Waals surface area contributed by atoms with Gasteiger partial charge in [0.2, 0.25) is 0 Å². The molecule has 0 bridgehead atoms. The van der Waals surface area contributed by atoms with Gasteiger partial charge < -0.3 is 9.77 Å². The first kappa shape index (κ1) is 9.76. The summed E-state index contributed by atoms with van der Waals surface area (Å²) in [5.41, 5.74) is 0. The third-order valence-corrected chi connectivity index (χ3v) is 0. The Labute approximate surface area is 45.6 Å². The van der Waals surface area contributed by atoms with Gasteiger partial charge in [0.05, 0.1) is 10.4 Å². The topological polar surface area (TPSA) is 52.9 Å². The van der Waals surface area contributed by atoms with E-state index in [-0.39, 0.29) is 0 Å². The molecule has 0 spiro atoms. The second-order valence-electron chi connectivity index (χ2n) is 1.42. The summed E-state index contributed by atoms with van der Waals surface area (Å²) in [6.45, 7) is 0. The van der Waals surface area contributed by atoms with Crippen molar-refractivity contribution in [1.29, 1.82) is 0 Å². The van der Waals surface area contributed by atoms with Crippen LogP contribution in [0.2, 0.25) is 0 Å². The van der Waals surface area contributed by atoms with Gasteiger partial charge in [-0.15, -0.1) is 4.91 Å². The molecule has 7 heavy (non-hydrogen) atoms. The predicted octanol–water partition coefficient (Wildman–Crippen LogP) is -1.03. The molecule has 0 rings (SSSR count). The van der Waals surface area contributed by atoms with Gasteiger partial charge >= 0.3 is 0 Å². The molecule has 0 aliphatic rings. The molecule has 0 amide bonds. The first-order chi connectivity index (χ1) is 3.15. The lowest BCUT2D eigenvalue weighted by Gasteiger charge is -1.90. The van der Waals surface area contributed by atoms with E-state index in [4.69, 9.17) is 10.1 Å². The highest BCUT2D eigenvalue weighted by molar-refractivity contribution is 6.03. The van der Waals surface area contributed by atoms with E-state index in [2.05, 4.69) is 18.7 Å². The second kappa shape index (κ2) is 9.13. The molecular formula is C2H10N2O2Si. The van der Waals surface area contributed by atoms with Crippen LogP contribution in [0.15, 0.2) is 5.34 Å². The first-order valence-corrected chi connectivity index (χ1v) is 2.62. The molecule has 0 saturated carbocycles. The van der Waals surface area contributed by atoms with Gasteiger partial charge in [-0.05, 0) is 14.1 Å². The molecule has 0 aliphatic carbocycles. The average Bonchev–Trinajstić information content (AvgIpc) is 1.33. The normalized spacial score (nSPS) is 7.29. The van der Waals surface area contributed by atoms with Crippen LogP contribution in [0.25, 0.3) is 0 Å². The highest BCUT2D eigenvalue weighted by Crippen LogP contribution is 1.44. The van der Waals surface area contributed by atoms with Crippen LogP contribution in [0.3, 0.4) is 0 Å². The van der Waals surface area contributed by atoms with Crippen molar-refractivity contribution in [3.05, 3.63) is 4.91 Å². The molecule has 0 aromatic carbocycles. The smallest absolute Gasteiger partial charge is 0.152 e. The maximum Gasteiger partial charge on any atom is 0.152 e. The third-order valence-electron chi connectivity index (χ3n) is 0. The van der Waals surface area contributed by atoms with E-state index in [1.165, 1.54) is 15.7 Å². The lowest BCUT2D eigenvalue weighted by atomic mass is 11.3. The monoisotopic (exact) mass is 122 g/mol. The van der Waals surface area contributed by atoms with Gasteiger partial charge in [-0.1, -0.05) is 0 Å². The van der Waals surface area contributed by atoms with Gasteiger partial charge in [0.25, 0.3) is 0 Å². The Morgan fingerprint density at radius 3 is 1.71 bits per heavy atom. The SMILES string of the molecule is CN(C)[SiH3].O=NO. The van der Waals surface area contributed by atoms with E-state index in [1.54, 1.807) is 0 Å². The maximum atomic E-state index is 8.11. The molecule has 0 radical (unpaired) electrons. The number of nitrogens with zero attached hydrogens (tertiary/aromatic N) is 2. The average molecular weight is 122 g/mol. The van der Waals surface area contributed by atoms with Gasteiger partial charge in [0.15, 0.2) is 5.34 Å². The molecule has 0 saturated heterocycles. The van der Waals surface area contributed by atoms with E-state index < -0.39 is 0 Å². The second-order valence-corrected chi connectivity index (χ2v) is 3.21. The molecule has 0 heterocycles. The molecule has 5 heteroatoms. The van der Waals surface area contributed by atoms with Gasteiger partial charge in [-0.2, -0.15) is 0 Å². The summed E-state index contributed by atoms with van der Waals surface area (Å²) in [5, 5.41) is 7.89. The van der Waals surface area contributed by atoms with Crippen LogP contribution < -0.4 is 0 Å². The zero-order valence-corrected chi connectivity index (χ0v) is 6.75. The molecule has 0 aromatic rings. The Morgan fingerprint density at radius 1 is 1.71 bits per heavy atom. The highest BCUT2D eigenvalue weighted by Gasteiger charge is 1.58. The standard InChI is InChI=1S/C2H9NSi.HNO2/c1-3(2)4;2-1-3/h1-2,4H3;(H,2,3). The summed E-state index contributed by atoms with van der Waals surface area (Å²) in [6.07, 6.45) is 0. The zero-order chi connectivity index (χ0) is 6.28. The minimum atomic E-state index is 1.18. The minimum Gasteiger partial charge on any atom is -0.379 e. The zero-order valence-electron chi connectivity index (χ0n) is 4.75. The lowest BCUT2D eigenvalue weighted by molar-refractivity contribution is 0.312. The van der Waals surface area contributed by atoms with E-state index in [0.29, 0.717) is 0 Å². The summed E-state index contributed by atoms with van der Waals surface area (Å²) in [6, 6.07) is 0. The Kier molecular flexibility index (Phi) is 12.7. The third kappa shape index (κ3) is 399. The van der Waals surface area contributed by atoms with Crippen molar-refractivity contribution < 1.29 is 5.21 Å². The van der Waals surface area contributed by atoms with Crippen LogP contribution >= 0.6 is 0 Å². The van der Waals surface area contributed by atoms with Crippen molar-refractivity contribution in [2.75, 3.05) is 14.1 Å². The van der Waals surface area contributed by atoms with E-state index in [0.717, 1.165) is 0 Å². The van der Waals surface area contributed by atoms with Crippen molar-refractivity contribution in [3.63, 3.8) is 0 Å². The number of rotatable bonds is 0. The first-order valence-electron chi connectivity index (χ1n) is 1.72. The van der Waals surface area contributed by atoms with Crippen LogP contribution in [-0.4, -0.2) is 34.3 Å². The van der Waals surface area contributed by atoms with E-state index in [9.17, 15) is 0 Å². The summed E-state index contributed by atoms with van der Waals surface area (Å²) < 4.78 is 2.14. The van der Waals surface area contributed by atoms with E-state index in [1.807, 2.05) is 0 Å². The molecular weight excluding hydrogens is 112 g/mol. The molecule has 0 unspecified atom stereocenters. The van der Waals surface area contributed by atoms with Gasteiger partial charge in [-0.25, -0.2) is 0 Å². The van der Waals surface area contributed by atoms with Crippen LogP contribution in [-0.2, 0) is 0 Å². The lowest BCUT2D eigenvalue weighted by Crippen LogP contribution is -2.02. The van der Waals surface area contributed by atoms with Crippen molar-refractivity contribution >= 4 is 10.4 Å². The summed E-state index contributed by atoms with van der Waals surface area (Å²) in [7, 11) is 5.31. The Balaban J connectivity index is 0. The van der Waals surface area contributed by atoms with Crippen LogP contribution in [0.5, 0.6) is 0 Å². The Bertz CT molecular complexity index is 37.9. The Morgan fingerprint density at radius 2 is 1.71 bits per heavy atom. The fraction of sp³-hybridized carbons (Fsp3) is 1.00. The molecule has 0 aliphatic heterocycles. The van der Waals surface area contributed by atoms with Crippen molar-refractivity contribution in [1.82, 2.24) is 4.57 Å². The summed E-state index contributed by atoms with van der Waals surface area (Å²) in [5.74, 6) is 0. The highest BCUT2D eigenvalue weighted by atomic mass is 28.2. The molecule has 44 valence electrons. The number of hydrogen-bond donors (Lipinski definition) is 1. The molecule has 1 N–H and O–H groups in total. The molecule has 4 nitrogen and oxygen atoms in total. The van der Waals surface area contributed by atoms with Crippen molar-refractivity contribution in [3.8, 4) is 0 Å². The molecule has 0 fully saturated rings. The number of hydrogen-bond acceptors (Lipinski definition) is 3. The van der Waals surface area contributed by atoms with Crippen molar-refractivity contribution in [2.24, 2.45) is 5.34 Å². The minimum absolute atomic E-state index is 1.18. The summed E-state index contributed by atoms with van der Waals surface area (Å²) >= 11 is 0. The van der Waals surface area contributed by atoms with Gasteiger partial charge in [0.1, 0.15) is 0 Å². The van der Waals surface area contributed by atoms with Crippen LogP contribution in [0, 0.1) is 4.91 Å². The fourth-order valence-corrected chi connectivity index (χ4v) is 0. The fourth-order valence-electron chi connectivity index (χ4n) is 0. The maximum absolute atomic E-state index is 8.11.